The Morgan fingerprint density at radius 2 is 1.50 bits per heavy atom. The number of aromatic carboxylic acids is 1. The lowest BCUT2D eigenvalue weighted by Crippen LogP contribution is -2.12. The highest BCUT2D eigenvalue weighted by molar-refractivity contribution is 6.06. The molecule has 0 fully saturated rings. The van der Waals surface area contributed by atoms with Crippen molar-refractivity contribution in [3.8, 4) is 23.0 Å². The van der Waals surface area contributed by atoms with E-state index in [2.05, 4.69) is 5.32 Å². The summed E-state index contributed by atoms with van der Waals surface area (Å²) in [5.74, 6) is -3.96. The number of carbonyl (C=O) groups excluding carboxylic acids is 1. The largest absolute Gasteiger partial charge is 0.504 e. The van der Waals surface area contributed by atoms with Gasteiger partial charge in [-0.3, -0.25) is 4.79 Å². The van der Waals surface area contributed by atoms with Gasteiger partial charge in [0.15, 0.2) is 23.0 Å². The Morgan fingerprint density at radius 1 is 0.875 bits per heavy atom. The number of rotatable bonds is 4. The zero-order valence-corrected chi connectivity index (χ0v) is 12.1. The van der Waals surface area contributed by atoms with Crippen molar-refractivity contribution < 1.29 is 35.1 Å². The van der Waals surface area contributed by atoms with E-state index in [1.54, 1.807) is 0 Å². The fourth-order valence-electron chi connectivity index (χ4n) is 1.85. The maximum Gasteiger partial charge on any atom is 0.337 e. The van der Waals surface area contributed by atoms with Gasteiger partial charge in [-0.25, -0.2) is 4.79 Å². The Hall–Kier alpha value is -3.68. The number of phenolic OH excluding ortho intramolecular Hbond substituents is 4. The molecule has 0 atom stereocenters. The molecule has 0 bridgehead atoms. The fraction of sp³-hybridized carbons (Fsp3) is 0. The van der Waals surface area contributed by atoms with E-state index in [0.717, 1.165) is 18.2 Å². The Bertz CT molecular complexity index is 843. The van der Waals surface area contributed by atoms with Crippen molar-refractivity contribution in [2.75, 3.05) is 5.32 Å². The molecule has 0 aliphatic carbocycles. The third kappa shape index (κ3) is 3.74. The van der Waals surface area contributed by atoms with Crippen LogP contribution in [-0.2, 0) is 4.79 Å². The second-order valence-corrected chi connectivity index (χ2v) is 4.76. The van der Waals surface area contributed by atoms with Crippen LogP contribution in [0.25, 0.3) is 6.08 Å². The van der Waals surface area contributed by atoms with Gasteiger partial charge in [0.1, 0.15) is 0 Å². The lowest BCUT2D eigenvalue weighted by Gasteiger charge is -2.08. The minimum Gasteiger partial charge on any atom is -0.504 e. The molecule has 0 saturated carbocycles. The summed E-state index contributed by atoms with van der Waals surface area (Å²) >= 11 is 0. The molecule has 0 aromatic heterocycles. The summed E-state index contributed by atoms with van der Waals surface area (Å²) in [5.41, 5.74) is -0.164. The number of amides is 1. The lowest BCUT2D eigenvalue weighted by molar-refractivity contribution is -0.111. The number of nitrogens with one attached hydrogen (secondary N) is 1. The first kappa shape index (κ1) is 16.7. The van der Waals surface area contributed by atoms with Gasteiger partial charge in [0.05, 0.1) is 11.3 Å². The molecule has 0 aliphatic rings. The quantitative estimate of drug-likeness (QED) is 0.284. The second-order valence-electron chi connectivity index (χ2n) is 4.76. The zero-order valence-electron chi connectivity index (χ0n) is 12.1. The van der Waals surface area contributed by atoms with Crippen LogP contribution in [-0.4, -0.2) is 37.4 Å². The Balaban J connectivity index is 2.20. The van der Waals surface area contributed by atoms with E-state index in [-0.39, 0.29) is 17.2 Å². The number of aromatic hydroxyl groups is 4. The van der Waals surface area contributed by atoms with Gasteiger partial charge in [-0.05, 0) is 23.8 Å². The molecular formula is C16H13NO7. The van der Waals surface area contributed by atoms with E-state index in [4.69, 9.17) is 5.11 Å². The number of phenols is 4. The zero-order chi connectivity index (χ0) is 17.9. The van der Waals surface area contributed by atoms with Crippen molar-refractivity contribution in [2.24, 2.45) is 0 Å². The summed E-state index contributed by atoms with van der Waals surface area (Å²) in [6.07, 6.45) is 2.40. The lowest BCUT2D eigenvalue weighted by atomic mass is 10.1. The van der Waals surface area contributed by atoms with Crippen LogP contribution < -0.4 is 5.32 Å². The van der Waals surface area contributed by atoms with Crippen molar-refractivity contribution >= 4 is 23.6 Å². The summed E-state index contributed by atoms with van der Waals surface area (Å²) in [5, 5.41) is 48.6. The highest BCUT2D eigenvalue weighted by Crippen LogP contribution is 2.31. The van der Waals surface area contributed by atoms with E-state index < -0.39 is 28.9 Å². The smallest absolute Gasteiger partial charge is 0.337 e. The normalized spacial score (nSPS) is 10.7. The van der Waals surface area contributed by atoms with Crippen LogP contribution in [0.2, 0.25) is 0 Å². The van der Waals surface area contributed by atoms with E-state index in [1.807, 2.05) is 0 Å². The average molecular weight is 331 g/mol. The number of hydrogen-bond acceptors (Lipinski definition) is 6. The van der Waals surface area contributed by atoms with Crippen molar-refractivity contribution in [2.45, 2.75) is 0 Å². The van der Waals surface area contributed by atoms with Gasteiger partial charge in [0.2, 0.25) is 5.91 Å². The van der Waals surface area contributed by atoms with Gasteiger partial charge in [-0.1, -0.05) is 6.07 Å². The molecular weight excluding hydrogens is 318 g/mol. The number of hydrogen-bond donors (Lipinski definition) is 6. The van der Waals surface area contributed by atoms with E-state index >= 15 is 0 Å². The first-order valence-electron chi connectivity index (χ1n) is 6.58. The Kier molecular flexibility index (Phi) is 4.60. The predicted octanol–water partition coefficient (Wildman–Crippen LogP) is 1.86. The van der Waals surface area contributed by atoms with E-state index in [1.165, 1.54) is 24.3 Å². The standard InChI is InChI=1S/C16H13NO7/c18-11-3-1-8(5-12(11)19)2-4-15(22)17-10-7-14(21)13(20)6-9(10)16(23)24/h1-7,18-21H,(H,17,22)(H,23,24)/b4-2+. The molecule has 0 aliphatic heterocycles. The predicted molar refractivity (Wildman–Crippen MR) is 84.2 cm³/mol. The molecule has 6 N–H and O–H groups in total. The SMILES string of the molecule is O=C(/C=C/c1ccc(O)c(O)c1)Nc1cc(O)c(O)cc1C(=O)O. The van der Waals surface area contributed by atoms with Gasteiger partial charge >= 0.3 is 5.97 Å². The van der Waals surface area contributed by atoms with Crippen LogP contribution in [0.1, 0.15) is 15.9 Å². The van der Waals surface area contributed by atoms with Crippen molar-refractivity contribution in [1.82, 2.24) is 0 Å². The summed E-state index contributed by atoms with van der Waals surface area (Å²) in [4.78, 5) is 23.0. The molecule has 24 heavy (non-hydrogen) atoms. The Labute approximate surface area is 135 Å². The monoisotopic (exact) mass is 331 g/mol. The topological polar surface area (TPSA) is 147 Å². The fourth-order valence-corrected chi connectivity index (χ4v) is 1.85. The van der Waals surface area contributed by atoms with Crippen molar-refractivity contribution in [3.05, 3.63) is 47.5 Å². The number of carbonyl (C=O) groups is 2. The van der Waals surface area contributed by atoms with E-state index in [0.29, 0.717) is 5.56 Å². The molecule has 0 spiro atoms. The molecule has 0 radical (unpaired) electrons. The molecule has 2 aromatic rings. The molecule has 0 heterocycles. The van der Waals surface area contributed by atoms with Gasteiger partial charge < -0.3 is 30.8 Å². The molecule has 8 heteroatoms. The summed E-state index contributed by atoms with van der Waals surface area (Å²) in [6, 6.07) is 5.65. The van der Waals surface area contributed by atoms with Crippen molar-refractivity contribution in [3.63, 3.8) is 0 Å². The minimum absolute atomic E-state index is 0.194. The van der Waals surface area contributed by atoms with Crippen LogP contribution in [0.5, 0.6) is 23.0 Å². The molecule has 0 saturated heterocycles. The molecule has 2 aromatic carbocycles. The molecule has 8 nitrogen and oxygen atoms in total. The summed E-state index contributed by atoms with van der Waals surface area (Å²) < 4.78 is 0. The highest BCUT2D eigenvalue weighted by Gasteiger charge is 2.15. The number of anilines is 1. The summed E-state index contributed by atoms with van der Waals surface area (Å²) in [6.45, 7) is 0. The molecule has 0 unspecified atom stereocenters. The van der Waals surface area contributed by atoms with Gasteiger partial charge in [-0.2, -0.15) is 0 Å². The van der Waals surface area contributed by atoms with E-state index in [9.17, 15) is 30.0 Å². The first-order valence-corrected chi connectivity index (χ1v) is 6.58. The maximum atomic E-state index is 11.9. The van der Waals surface area contributed by atoms with Crippen LogP contribution in [0.15, 0.2) is 36.4 Å². The third-order valence-electron chi connectivity index (χ3n) is 3.03. The van der Waals surface area contributed by atoms with Crippen LogP contribution in [0.3, 0.4) is 0 Å². The molecule has 1 amide bonds. The van der Waals surface area contributed by atoms with Gasteiger partial charge in [0.25, 0.3) is 0 Å². The molecule has 124 valence electrons. The van der Waals surface area contributed by atoms with Crippen LogP contribution in [0, 0.1) is 0 Å². The van der Waals surface area contributed by atoms with Crippen LogP contribution >= 0.6 is 0 Å². The highest BCUT2D eigenvalue weighted by atomic mass is 16.4. The maximum absolute atomic E-state index is 11.9. The first-order chi connectivity index (χ1) is 11.3. The average Bonchev–Trinajstić information content (AvgIpc) is 2.51. The Morgan fingerprint density at radius 3 is 2.12 bits per heavy atom. The number of carboxylic acids is 1. The van der Waals surface area contributed by atoms with Gasteiger partial charge in [0, 0.05) is 18.2 Å². The van der Waals surface area contributed by atoms with Gasteiger partial charge in [-0.15, -0.1) is 0 Å². The second kappa shape index (κ2) is 6.61. The summed E-state index contributed by atoms with van der Waals surface area (Å²) in [7, 11) is 0. The third-order valence-corrected chi connectivity index (χ3v) is 3.03. The number of benzene rings is 2. The number of carboxylic acid groups (broad SMARTS) is 1. The minimum atomic E-state index is -1.40. The van der Waals surface area contributed by atoms with Crippen LogP contribution in [0.4, 0.5) is 5.69 Å². The molecule has 2 rings (SSSR count). The van der Waals surface area contributed by atoms with Crippen molar-refractivity contribution in [1.29, 1.82) is 0 Å².